The second-order valence-corrected chi connectivity index (χ2v) is 4.05. The van der Waals surface area contributed by atoms with Gasteiger partial charge in [0.2, 0.25) is 5.91 Å². The third-order valence-electron chi connectivity index (χ3n) is 2.90. The number of amides is 1. The van der Waals surface area contributed by atoms with Crippen LogP contribution in [0.5, 0.6) is 0 Å². The Morgan fingerprint density at radius 2 is 2.44 bits per heavy atom. The van der Waals surface area contributed by atoms with Gasteiger partial charge in [-0.3, -0.25) is 4.79 Å². The van der Waals surface area contributed by atoms with Gasteiger partial charge in [-0.1, -0.05) is 0 Å². The number of rotatable bonds is 3. The molecule has 0 bridgehead atoms. The van der Waals surface area contributed by atoms with E-state index in [2.05, 4.69) is 9.88 Å². The number of primary amides is 1. The van der Waals surface area contributed by atoms with Crippen LogP contribution >= 0.6 is 0 Å². The molecule has 3 N–H and O–H groups in total. The van der Waals surface area contributed by atoms with E-state index in [9.17, 15) is 4.79 Å². The molecule has 16 heavy (non-hydrogen) atoms. The minimum atomic E-state index is -0.464. The van der Waals surface area contributed by atoms with Crippen LogP contribution in [0.25, 0.3) is 0 Å². The molecule has 1 aliphatic rings. The Morgan fingerprint density at radius 3 is 2.94 bits per heavy atom. The van der Waals surface area contributed by atoms with Crippen molar-refractivity contribution < 1.29 is 9.90 Å². The van der Waals surface area contributed by atoms with Crippen molar-refractivity contribution in [2.45, 2.75) is 6.42 Å². The van der Waals surface area contributed by atoms with Gasteiger partial charge >= 0.3 is 0 Å². The normalized spacial score (nSPS) is 20.1. The maximum absolute atomic E-state index is 10.9. The highest BCUT2D eigenvalue weighted by Crippen LogP contribution is 2.21. The van der Waals surface area contributed by atoms with Crippen molar-refractivity contribution in [2.24, 2.45) is 11.7 Å². The van der Waals surface area contributed by atoms with Crippen LogP contribution in [-0.4, -0.2) is 35.7 Å². The number of carbonyl (C=O) groups is 1. The summed E-state index contributed by atoms with van der Waals surface area (Å²) in [7, 11) is 0. The van der Waals surface area contributed by atoms with Crippen LogP contribution in [0.1, 0.15) is 16.8 Å². The summed E-state index contributed by atoms with van der Waals surface area (Å²) in [6.07, 6.45) is 2.47. The van der Waals surface area contributed by atoms with Gasteiger partial charge in [0, 0.05) is 31.8 Å². The van der Waals surface area contributed by atoms with Crippen molar-refractivity contribution in [1.29, 1.82) is 0 Å². The summed E-state index contributed by atoms with van der Waals surface area (Å²) in [6.45, 7) is 1.93. The average molecular weight is 221 g/mol. The van der Waals surface area contributed by atoms with E-state index in [1.54, 1.807) is 12.1 Å². The Morgan fingerprint density at radius 1 is 1.62 bits per heavy atom. The molecule has 2 rings (SSSR count). The number of anilines is 1. The summed E-state index contributed by atoms with van der Waals surface area (Å²) >= 11 is 0. The molecule has 2 heterocycles. The maximum atomic E-state index is 10.9. The molecule has 0 aromatic carbocycles. The number of aliphatic hydroxyl groups excluding tert-OH is 1. The van der Waals surface area contributed by atoms with Crippen LogP contribution in [-0.2, 0) is 0 Å². The zero-order valence-electron chi connectivity index (χ0n) is 8.97. The predicted molar refractivity (Wildman–Crippen MR) is 60.2 cm³/mol. The fourth-order valence-corrected chi connectivity index (χ4v) is 1.91. The molecule has 1 unspecified atom stereocenters. The third kappa shape index (κ3) is 2.14. The van der Waals surface area contributed by atoms with Gasteiger partial charge < -0.3 is 15.7 Å². The van der Waals surface area contributed by atoms with Crippen molar-refractivity contribution >= 4 is 11.7 Å². The number of aliphatic hydroxyl groups is 1. The van der Waals surface area contributed by atoms with Gasteiger partial charge in [0.25, 0.3) is 0 Å². The first-order valence-electron chi connectivity index (χ1n) is 5.32. The lowest BCUT2D eigenvalue weighted by Gasteiger charge is -2.16. The molecule has 1 amide bonds. The molecule has 1 aliphatic heterocycles. The Balaban J connectivity index is 2.08. The average Bonchev–Trinajstić information content (AvgIpc) is 2.77. The molecule has 86 valence electrons. The Labute approximate surface area is 93.9 Å². The zero-order valence-corrected chi connectivity index (χ0v) is 8.97. The molecule has 1 fully saturated rings. The van der Waals surface area contributed by atoms with Gasteiger partial charge in [-0.25, -0.2) is 4.98 Å². The van der Waals surface area contributed by atoms with Crippen LogP contribution in [0.15, 0.2) is 18.3 Å². The number of nitrogens with two attached hydrogens (primary N) is 1. The van der Waals surface area contributed by atoms with E-state index < -0.39 is 5.91 Å². The fraction of sp³-hybridized carbons (Fsp3) is 0.455. The van der Waals surface area contributed by atoms with E-state index in [0.717, 1.165) is 25.3 Å². The van der Waals surface area contributed by atoms with Crippen molar-refractivity contribution in [3.63, 3.8) is 0 Å². The molecular weight excluding hydrogens is 206 g/mol. The second kappa shape index (κ2) is 4.49. The molecule has 1 saturated heterocycles. The van der Waals surface area contributed by atoms with Crippen molar-refractivity contribution in [2.75, 3.05) is 24.6 Å². The standard InChI is InChI=1S/C11H15N3O2/c12-11(16)9-1-2-10(13-5-9)14-4-3-8(6-14)7-15/h1-2,5,8,15H,3-4,6-7H2,(H2,12,16). The Bertz CT molecular complexity index is 377. The molecular formula is C11H15N3O2. The topological polar surface area (TPSA) is 79.5 Å². The van der Waals surface area contributed by atoms with E-state index in [1.165, 1.54) is 6.20 Å². The molecule has 1 atom stereocenters. The van der Waals surface area contributed by atoms with Gasteiger partial charge in [0.05, 0.1) is 5.56 Å². The van der Waals surface area contributed by atoms with Gasteiger partial charge in [-0.2, -0.15) is 0 Å². The lowest BCUT2D eigenvalue weighted by Crippen LogP contribution is -2.22. The first-order chi connectivity index (χ1) is 7.70. The summed E-state index contributed by atoms with van der Waals surface area (Å²) in [6, 6.07) is 3.47. The summed E-state index contributed by atoms with van der Waals surface area (Å²) in [5.74, 6) is 0.701. The SMILES string of the molecule is NC(=O)c1ccc(N2CCC(CO)C2)nc1. The molecule has 0 saturated carbocycles. The monoisotopic (exact) mass is 221 g/mol. The van der Waals surface area contributed by atoms with E-state index in [-0.39, 0.29) is 6.61 Å². The van der Waals surface area contributed by atoms with Crippen LogP contribution in [0.3, 0.4) is 0 Å². The molecule has 5 heteroatoms. The first kappa shape index (κ1) is 10.9. The number of carbonyl (C=O) groups excluding carboxylic acids is 1. The number of hydrogen-bond acceptors (Lipinski definition) is 4. The van der Waals surface area contributed by atoms with Gasteiger partial charge in [-0.05, 0) is 18.6 Å². The molecule has 1 aromatic heterocycles. The minimum absolute atomic E-state index is 0.218. The highest BCUT2D eigenvalue weighted by molar-refractivity contribution is 5.92. The molecule has 5 nitrogen and oxygen atoms in total. The summed E-state index contributed by atoms with van der Waals surface area (Å²) in [4.78, 5) is 17.2. The highest BCUT2D eigenvalue weighted by atomic mass is 16.3. The lowest BCUT2D eigenvalue weighted by molar-refractivity contribution is 0.1000. The molecule has 1 aromatic rings. The van der Waals surface area contributed by atoms with E-state index in [0.29, 0.717) is 11.5 Å². The van der Waals surface area contributed by atoms with Gasteiger partial charge in [0.1, 0.15) is 5.82 Å². The van der Waals surface area contributed by atoms with Gasteiger partial charge in [0.15, 0.2) is 0 Å². The zero-order chi connectivity index (χ0) is 11.5. The summed E-state index contributed by atoms with van der Waals surface area (Å²) in [5, 5.41) is 9.04. The van der Waals surface area contributed by atoms with Crippen LogP contribution in [0, 0.1) is 5.92 Å². The summed E-state index contributed by atoms with van der Waals surface area (Å²) in [5.41, 5.74) is 5.55. The van der Waals surface area contributed by atoms with E-state index in [1.807, 2.05) is 0 Å². The predicted octanol–water partition coefficient (Wildman–Crippen LogP) is -0.000900. The maximum Gasteiger partial charge on any atom is 0.250 e. The first-order valence-corrected chi connectivity index (χ1v) is 5.32. The van der Waals surface area contributed by atoms with Crippen LogP contribution in [0.2, 0.25) is 0 Å². The Kier molecular flexibility index (Phi) is 3.05. The minimum Gasteiger partial charge on any atom is -0.396 e. The smallest absolute Gasteiger partial charge is 0.250 e. The van der Waals surface area contributed by atoms with E-state index in [4.69, 9.17) is 10.8 Å². The molecule has 0 aliphatic carbocycles. The fourth-order valence-electron chi connectivity index (χ4n) is 1.91. The van der Waals surface area contributed by atoms with Crippen molar-refractivity contribution in [1.82, 2.24) is 4.98 Å². The highest BCUT2D eigenvalue weighted by Gasteiger charge is 2.22. The summed E-state index contributed by atoms with van der Waals surface area (Å²) < 4.78 is 0. The van der Waals surface area contributed by atoms with Gasteiger partial charge in [-0.15, -0.1) is 0 Å². The molecule has 0 spiro atoms. The lowest BCUT2D eigenvalue weighted by atomic mass is 10.1. The number of pyridine rings is 1. The number of nitrogens with zero attached hydrogens (tertiary/aromatic N) is 2. The van der Waals surface area contributed by atoms with Crippen molar-refractivity contribution in [3.05, 3.63) is 23.9 Å². The Hall–Kier alpha value is -1.62. The molecule has 0 radical (unpaired) electrons. The number of aromatic nitrogens is 1. The number of hydrogen-bond donors (Lipinski definition) is 2. The largest absolute Gasteiger partial charge is 0.396 e. The van der Waals surface area contributed by atoms with Crippen LogP contribution in [0.4, 0.5) is 5.82 Å². The van der Waals surface area contributed by atoms with Crippen LogP contribution < -0.4 is 10.6 Å². The second-order valence-electron chi connectivity index (χ2n) is 4.05. The van der Waals surface area contributed by atoms with E-state index >= 15 is 0 Å². The third-order valence-corrected chi connectivity index (χ3v) is 2.90. The van der Waals surface area contributed by atoms with Crippen molar-refractivity contribution in [3.8, 4) is 0 Å². The quantitative estimate of drug-likeness (QED) is 0.753.